The summed E-state index contributed by atoms with van der Waals surface area (Å²) < 4.78 is 14.1. The van der Waals surface area contributed by atoms with Crippen LogP contribution in [0.4, 0.5) is 10.1 Å². The zero-order chi connectivity index (χ0) is 24.8. The van der Waals surface area contributed by atoms with Crippen molar-refractivity contribution in [1.82, 2.24) is 10.3 Å². The summed E-state index contributed by atoms with van der Waals surface area (Å²) in [6.07, 6.45) is 7.67. The highest BCUT2D eigenvalue weighted by molar-refractivity contribution is 5.85. The number of anilines is 1. The molecule has 0 aromatic heterocycles. The van der Waals surface area contributed by atoms with E-state index in [1.54, 1.807) is 18.4 Å². The number of alkyl halides is 1. The van der Waals surface area contributed by atoms with Gasteiger partial charge in [-0.3, -0.25) is 9.80 Å². The number of carbonyl (C=O) groups excluding carboxylic acids is 1. The first kappa shape index (κ1) is 26.3. The van der Waals surface area contributed by atoms with Crippen molar-refractivity contribution in [2.45, 2.75) is 20.3 Å². The van der Waals surface area contributed by atoms with Crippen molar-refractivity contribution < 1.29 is 9.18 Å². The number of benzene rings is 2. The third kappa shape index (κ3) is 8.90. The zero-order valence-electron chi connectivity index (χ0n) is 19.9. The normalized spacial score (nSPS) is 12.8. The summed E-state index contributed by atoms with van der Waals surface area (Å²) in [6.45, 7) is 10.9. The number of halogens is 1. The summed E-state index contributed by atoms with van der Waals surface area (Å²) in [5.74, 6) is -0.115. The lowest BCUT2D eigenvalue weighted by molar-refractivity contribution is -0.121. The van der Waals surface area contributed by atoms with E-state index in [9.17, 15) is 9.18 Å². The second kappa shape index (κ2) is 14.3. The Morgan fingerprint density at radius 3 is 2.35 bits per heavy atom. The minimum Gasteiger partial charge on any atom is -0.356 e. The van der Waals surface area contributed by atoms with Crippen molar-refractivity contribution in [2.75, 3.05) is 18.5 Å². The predicted octanol–water partition coefficient (Wildman–Crippen LogP) is 6.14. The van der Waals surface area contributed by atoms with Crippen LogP contribution in [0.3, 0.4) is 0 Å². The van der Waals surface area contributed by atoms with Gasteiger partial charge in [0.1, 0.15) is 13.2 Å². The van der Waals surface area contributed by atoms with Crippen LogP contribution < -0.4 is 10.6 Å². The highest BCUT2D eigenvalue weighted by Gasteiger charge is 2.13. The van der Waals surface area contributed by atoms with Gasteiger partial charge >= 0.3 is 0 Å². The summed E-state index contributed by atoms with van der Waals surface area (Å²) in [7, 11) is 0. The lowest BCUT2D eigenvalue weighted by Crippen LogP contribution is -2.33. The van der Waals surface area contributed by atoms with Crippen LogP contribution in [0.1, 0.15) is 25.8 Å². The second-order valence-corrected chi connectivity index (χ2v) is 7.72. The van der Waals surface area contributed by atoms with Crippen LogP contribution >= 0.6 is 0 Å². The molecule has 2 aromatic carbocycles. The molecule has 0 aliphatic carbocycles. The first-order valence-electron chi connectivity index (χ1n) is 11.2. The van der Waals surface area contributed by atoms with Crippen LogP contribution in [-0.2, 0) is 4.79 Å². The molecule has 2 N–H and O–H groups in total. The van der Waals surface area contributed by atoms with E-state index in [0.29, 0.717) is 11.3 Å². The van der Waals surface area contributed by atoms with Crippen molar-refractivity contribution in [2.24, 2.45) is 11.0 Å². The van der Waals surface area contributed by atoms with Crippen LogP contribution in [0.15, 0.2) is 109 Å². The van der Waals surface area contributed by atoms with Gasteiger partial charge in [0.05, 0.1) is 5.70 Å². The van der Waals surface area contributed by atoms with Gasteiger partial charge in [-0.2, -0.15) is 5.10 Å². The van der Waals surface area contributed by atoms with Crippen LogP contribution in [-0.4, -0.2) is 30.4 Å². The summed E-state index contributed by atoms with van der Waals surface area (Å²) in [4.78, 5) is 12.7. The molecule has 178 valence electrons. The number of hydrazone groups is 1. The third-order valence-corrected chi connectivity index (χ3v) is 4.99. The quantitative estimate of drug-likeness (QED) is 0.214. The first-order chi connectivity index (χ1) is 16.5. The first-order valence-corrected chi connectivity index (χ1v) is 11.2. The Morgan fingerprint density at radius 2 is 1.76 bits per heavy atom. The van der Waals surface area contributed by atoms with E-state index in [4.69, 9.17) is 0 Å². The number of carbonyl (C=O) groups is 1. The van der Waals surface area contributed by atoms with E-state index in [1.807, 2.05) is 67.6 Å². The predicted molar refractivity (Wildman–Crippen MR) is 141 cm³/mol. The molecule has 5 nitrogen and oxygen atoms in total. The minimum atomic E-state index is -0.844. The summed E-state index contributed by atoms with van der Waals surface area (Å²) >= 11 is 0. The minimum absolute atomic E-state index is 0.0754. The molecule has 2 rings (SSSR count). The Bertz CT molecular complexity index is 1030. The maximum absolute atomic E-state index is 14.1. The fourth-order valence-corrected chi connectivity index (χ4v) is 2.91. The van der Waals surface area contributed by atoms with Gasteiger partial charge in [0.2, 0.25) is 5.91 Å². The third-order valence-electron chi connectivity index (χ3n) is 4.99. The molecule has 0 heterocycles. The van der Waals surface area contributed by atoms with E-state index >= 15 is 0 Å². The van der Waals surface area contributed by atoms with Gasteiger partial charge < -0.3 is 10.6 Å². The molecule has 0 bridgehead atoms. The van der Waals surface area contributed by atoms with E-state index in [2.05, 4.69) is 35.8 Å². The number of rotatable bonds is 13. The van der Waals surface area contributed by atoms with E-state index in [-0.39, 0.29) is 18.2 Å². The molecule has 0 fully saturated rings. The molecule has 0 radical (unpaired) electrons. The molecule has 0 saturated heterocycles. The van der Waals surface area contributed by atoms with Crippen LogP contribution in [0.2, 0.25) is 0 Å². The molecule has 34 heavy (non-hydrogen) atoms. The van der Waals surface area contributed by atoms with Crippen molar-refractivity contribution in [1.29, 1.82) is 0 Å². The number of para-hydroxylation sites is 1. The summed E-state index contributed by atoms with van der Waals surface area (Å²) in [5.41, 5.74) is 3.01. The molecule has 0 spiro atoms. The Morgan fingerprint density at radius 1 is 1.12 bits per heavy atom. The highest BCUT2D eigenvalue weighted by atomic mass is 19.1. The Hall–Kier alpha value is -3.93. The van der Waals surface area contributed by atoms with Gasteiger partial charge in [0.25, 0.3) is 0 Å². The largest absolute Gasteiger partial charge is 0.356 e. The lowest BCUT2D eigenvalue weighted by atomic mass is 10.0. The van der Waals surface area contributed by atoms with Gasteiger partial charge in [0.15, 0.2) is 0 Å². The van der Waals surface area contributed by atoms with Crippen molar-refractivity contribution >= 4 is 23.4 Å². The maximum atomic E-state index is 14.1. The number of allylic oxidation sites excluding steroid dienone is 4. The molecule has 1 atom stereocenters. The number of nitrogens with one attached hydrogen (secondary N) is 2. The van der Waals surface area contributed by atoms with Crippen molar-refractivity contribution in [3.63, 3.8) is 0 Å². The van der Waals surface area contributed by atoms with Gasteiger partial charge in [-0.05, 0) is 36.1 Å². The zero-order valence-corrected chi connectivity index (χ0v) is 19.9. The molecule has 0 saturated carbocycles. The highest BCUT2D eigenvalue weighted by Crippen LogP contribution is 2.21. The molecule has 6 heteroatoms. The Balaban J connectivity index is 2.23. The topological polar surface area (TPSA) is 56.7 Å². The van der Waals surface area contributed by atoms with Crippen molar-refractivity contribution in [3.8, 4) is 0 Å². The van der Waals surface area contributed by atoms with Gasteiger partial charge in [0, 0.05) is 29.4 Å². The second-order valence-electron chi connectivity index (χ2n) is 7.72. The van der Waals surface area contributed by atoms with Gasteiger partial charge in [-0.1, -0.05) is 81.6 Å². The number of amides is 1. The molecule has 2 aromatic rings. The Labute approximate surface area is 202 Å². The maximum Gasteiger partial charge on any atom is 0.245 e. The van der Waals surface area contributed by atoms with E-state index in [1.165, 1.54) is 11.2 Å². The molecule has 0 aliphatic heterocycles. The average molecular weight is 461 g/mol. The molecule has 0 aliphatic rings. The fraction of sp³-hybridized carbons (Fsp3) is 0.214. The Kier molecular flexibility index (Phi) is 11.0. The number of nitrogens with zero attached hydrogens (tertiary/aromatic N) is 2. The van der Waals surface area contributed by atoms with Crippen molar-refractivity contribution in [3.05, 3.63) is 109 Å². The summed E-state index contributed by atoms with van der Waals surface area (Å²) in [6, 6.07) is 19.0. The van der Waals surface area contributed by atoms with Crippen LogP contribution in [0.5, 0.6) is 0 Å². The smallest absolute Gasteiger partial charge is 0.245 e. The van der Waals surface area contributed by atoms with Gasteiger partial charge in [-0.15, -0.1) is 0 Å². The van der Waals surface area contributed by atoms with E-state index < -0.39 is 12.6 Å². The molecule has 1 amide bonds. The molecular weight excluding hydrogens is 427 g/mol. The molecular formula is C28H33FN4O. The SMILES string of the molecule is C=CN(CC(=O)N/C(CF)=C(/C=C\C(=C)Nc1ccccc1)c1ccccc1)/N=C\C(C)CC. The standard InChI is InChI=1S/C28H33FN4O/c1-5-22(3)20-30-33(6-2)21-28(34)32-27(19-29)26(24-13-9-7-10-14-24)18-17-23(4)31-25-15-11-8-12-16-25/h6-18,20,22,31H,2,4-5,19,21H2,1,3H3,(H,32,34)/b18-17-,27-26-,30-20-. The van der Waals surface area contributed by atoms with Gasteiger partial charge in [-0.25, -0.2) is 4.39 Å². The molecule has 1 unspecified atom stereocenters. The number of hydrogen-bond donors (Lipinski definition) is 2. The monoisotopic (exact) mass is 460 g/mol. The number of hydrogen-bond acceptors (Lipinski definition) is 4. The fourth-order valence-electron chi connectivity index (χ4n) is 2.91. The average Bonchev–Trinajstić information content (AvgIpc) is 2.86. The van der Waals surface area contributed by atoms with E-state index in [0.717, 1.165) is 17.7 Å². The lowest BCUT2D eigenvalue weighted by Gasteiger charge is -2.17. The van der Waals surface area contributed by atoms with Crippen LogP contribution in [0.25, 0.3) is 5.57 Å². The van der Waals surface area contributed by atoms with Crippen LogP contribution in [0, 0.1) is 5.92 Å². The summed E-state index contributed by atoms with van der Waals surface area (Å²) in [5, 5.41) is 11.6.